The smallest absolute Gasteiger partial charge is 0.253 e. The maximum atomic E-state index is 13.1. The van der Waals surface area contributed by atoms with E-state index in [1.807, 2.05) is 17.0 Å². The summed E-state index contributed by atoms with van der Waals surface area (Å²) >= 11 is 0. The van der Waals surface area contributed by atoms with Gasteiger partial charge in [-0.2, -0.15) is 0 Å². The lowest BCUT2D eigenvalue weighted by Gasteiger charge is -2.37. The molecule has 0 unspecified atom stereocenters. The maximum Gasteiger partial charge on any atom is 0.253 e. The first-order valence-electron chi connectivity index (χ1n) is 12.5. The molecule has 0 spiro atoms. The van der Waals surface area contributed by atoms with Gasteiger partial charge in [0.05, 0.1) is 0 Å². The number of nitrogens with zero attached hydrogens (tertiary/aromatic N) is 2. The largest absolute Gasteiger partial charge is 0.342 e. The Labute approximate surface area is 199 Å². The van der Waals surface area contributed by atoms with Crippen molar-refractivity contribution in [1.82, 2.24) is 9.80 Å². The number of piperidine rings is 2. The van der Waals surface area contributed by atoms with Crippen LogP contribution in [0.15, 0.2) is 54.6 Å². The summed E-state index contributed by atoms with van der Waals surface area (Å²) < 4.78 is 0. The predicted octanol–water partition coefficient (Wildman–Crippen LogP) is 5.32. The number of rotatable bonds is 4. The number of benzene rings is 2. The van der Waals surface area contributed by atoms with Gasteiger partial charge in [-0.05, 0) is 66.7 Å². The molecular formula is C29H38N2O2. The van der Waals surface area contributed by atoms with Crippen molar-refractivity contribution in [1.29, 1.82) is 0 Å². The van der Waals surface area contributed by atoms with Crippen LogP contribution in [0.2, 0.25) is 0 Å². The van der Waals surface area contributed by atoms with E-state index in [9.17, 15) is 9.59 Å². The van der Waals surface area contributed by atoms with E-state index in [4.69, 9.17) is 0 Å². The average Bonchev–Trinajstić information content (AvgIpc) is 2.84. The van der Waals surface area contributed by atoms with Gasteiger partial charge in [-0.15, -0.1) is 0 Å². The minimum Gasteiger partial charge on any atom is -0.342 e. The minimum absolute atomic E-state index is 0.0583. The fourth-order valence-corrected chi connectivity index (χ4v) is 5.19. The van der Waals surface area contributed by atoms with Crippen LogP contribution in [0.4, 0.5) is 0 Å². The lowest BCUT2D eigenvalue weighted by atomic mass is 9.86. The normalized spacial score (nSPS) is 18.4. The lowest BCUT2D eigenvalue weighted by Crippen LogP contribution is -2.46. The molecule has 33 heavy (non-hydrogen) atoms. The van der Waals surface area contributed by atoms with Gasteiger partial charge in [0.1, 0.15) is 0 Å². The van der Waals surface area contributed by atoms with Crippen LogP contribution < -0.4 is 0 Å². The topological polar surface area (TPSA) is 40.6 Å². The zero-order valence-corrected chi connectivity index (χ0v) is 20.4. The van der Waals surface area contributed by atoms with Gasteiger partial charge in [-0.3, -0.25) is 9.59 Å². The van der Waals surface area contributed by atoms with Gasteiger partial charge >= 0.3 is 0 Å². The molecule has 2 aromatic carbocycles. The molecule has 4 heteroatoms. The molecule has 2 heterocycles. The first-order valence-corrected chi connectivity index (χ1v) is 12.5. The molecule has 0 aromatic heterocycles. The van der Waals surface area contributed by atoms with E-state index in [0.29, 0.717) is 24.9 Å². The van der Waals surface area contributed by atoms with Crippen molar-refractivity contribution in [2.45, 2.75) is 58.3 Å². The molecule has 0 bridgehead atoms. The highest BCUT2D eigenvalue weighted by Gasteiger charge is 2.32. The van der Waals surface area contributed by atoms with Gasteiger partial charge in [0.2, 0.25) is 5.91 Å². The van der Waals surface area contributed by atoms with Crippen LogP contribution >= 0.6 is 0 Å². The second kappa shape index (κ2) is 10.1. The zero-order chi connectivity index (χ0) is 23.4. The number of carbonyl (C=O) groups excluding carboxylic acids is 2. The number of amides is 2. The van der Waals surface area contributed by atoms with Gasteiger partial charge in [-0.1, -0.05) is 63.2 Å². The summed E-state index contributed by atoms with van der Waals surface area (Å²) in [5.74, 6) is 1.11. The molecule has 2 aliphatic rings. The van der Waals surface area contributed by atoms with Crippen LogP contribution in [0, 0.1) is 11.8 Å². The van der Waals surface area contributed by atoms with E-state index in [-0.39, 0.29) is 17.2 Å². The van der Waals surface area contributed by atoms with Gasteiger partial charge in [0.25, 0.3) is 5.91 Å². The van der Waals surface area contributed by atoms with Crippen LogP contribution in [0.3, 0.4) is 0 Å². The summed E-state index contributed by atoms with van der Waals surface area (Å²) in [7, 11) is 0. The van der Waals surface area contributed by atoms with E-state index < -0.39 is 0 Å². The number of carbonyl (C=O) groups is 2. The van der Waals surface area contributed by atoms with Gasteiger partial charge in [0, 0.05) is 37.7 Å². The van der Waals surface area contributed by atoms with Gasteiger partial charge < -0.3 is 9.80 Å². The van der Waals surface area contributed by atoms with Crippen LogP contribution in [0.5, 0.6) is 0 Å². The van der Waals surface area contributed by atoms with Crippen molar-refractivity contribution < 1.29 is 9.59 Å². The third-order valence-electron chi connectivity index (χ3n) is 7.42. The Bertz CT molecular complexity index is 930. The Kier molecular flexibility index (Phi) is 7.21. The van der Waals surface area contributed by atoms with Gasteiger partial charge in [-0.25, -0.2) is 0 Å². The van der Waals surface area contributed by atoms with Gasteiger partial charge in [0.15, 0.2) is 0 Å². The van der Waals surface area contributed by atoms with Crippen molar-refractivity contribution in [3.8, 4) is 0 Å². The van der Waals surface area contributed by atoms with Crippen LogP contribution in [-0.2, 0) is 16.6 Å². The predicted molar refractivity (Wildman–Crippen MR) is 133 cm³/mol. The molecule has 2 saturated heterocycles. The summed E-state index contributed by atoms with van der Waals surface area (Å²) in [6.07, 6.45) is 4.83. The van der Waals surface area contributed by atoms with Crippen LogP contribution in [0.1, 0.15) is 67.9 Å². The van der Waals surface area contributed by atoms with Crippen molar-refractivity contribution in [2.24, 2.45) is 11.8 Å². The molecule has 176 valence electrons. The SMILES string of the molecule is CC(C)(C)c1ccc(C(=O)N2CCC(C(=O)N3CCC(Cc4ccccc4)CC3)CC2)cc1. The number of hydrogen-bond donors (Lipinski definition) is 0. The molecular weight excluding hydrogens is 408 g/mol. The Morgan fingerprint density at radius 3 is 1.94 bits per heavy atom. The van der Waals surface area contributed by atoms with Crippen LogP contribution in [-0.4, -0.2) is 47.8 Å². The van der Waals surface area contributed by atoms with Crippen molar-refractivity contribution >= 4 is 11.8 Å². The first-order chi connectivity index (χ1) is 15.8. The highest BCUT2D eigenvalue weighted by Crippen LogP contribution is 2.27. The minimum atomic E-state index is 0.0583. The van der Waals surface area contributed by atoms with E-state index in [1.54, 1.807) is 0 Å². The van der Waals surface area contributed by atoms with Crippen molar-refractivity contribution in [2.75, 3.05) is 26.2 Å². The highest BCUT2D eigenvalue weighted by molar-refractivity contribution is 5.94. The lowest BCUT2D eigenvalue weighted by molar-refractivity contribution is -0.138. The fraction of sp³-hybridized carbons (Fsp3) is 0.517. The Hall–Kier alpha value is -2.62. The second-order valence-corrected chi connectivity index (χ2v) is 10.9. The molecule has 0 radical (unpaired) electrons. The first kappa shape index (κ1) is 23.5. The standard InChI is InChI=1S/C29H38N2O2/c1-29(2,3)26-11-9-24(10-12-26)27(32)31-19-15-25(16-20-31)28(33)30-17-13-23(14-18-30)21-22-7-5-4-6-8-22/h4-12,23,25H,13-21H2,1-3H3. The van der Waals surface area contributed by atoms with E-state index in [2.05, 4.69) is 68.1 Å². The van der Waals surface area contributed by atoms with E-state index in [1.165, 1.54) is 11.1 Å². The average molecular weight is 447 g/mol. The monoisotopic (exact) mass is 446 g/mol. The Balaban J connectivity index is 1.24. The maximum absolute atomic E-state index is 13.1. The summed E-state index contributed by atoms with van der Waals surface area (Å²) in [6.45, 7) is 9.61. The quantitative estimate of drug-likeness (QED) is 0.638. The molecule has 0 aliphatic carbocycles. The molecule has 2 amide bonds. The third kappa shape index (κ3) is 5.85. The molecule has 0 N–H and O–H groups in total. The Morgan fingerprint density at radius 2 is 1.36 bits per heavy atom. The summed E-state index contributed by atoms with van der Waals surface area (Å²) in [5.41, 5.74) is 3.45. The summed E-state index contributed by atoms with van der Waals surface area (Å²) in [6, 6.07) is 18.7. The molecule has 0 saturated carbocycles. The zero-order valence-electron chi connectivity index (χ0n) is 20.4. The van der Waals surface area contributed by atoms with Crippen molar-refractivity contribution in [3.63, 3.8) is 0 Å². The summed E-state index contributed by atoms with van der Waals surface area (Å²) in [5, 5.41) is 0. The second-order valence-electron chi connectivity index (χ2n) is 10.9. The van der Waals surface area contributed by atoms with Crippen molar-refractivity contribution in [3.05, 3.63) is 71.3 Å². The molecule has 2 fully saturated rings. The van der Waals surface area contributed by atoms with E-state index >= 15 is 0 Å². The van der Waals surface area contributed by atoms with Crippen LogP contribution in [0.25, 0.3) is 0 Å². The molecule has 4 rings (SSSR count). The third-order valence-corrected chi connectivity index (χ3v) is 7.42. The number of hydrogen-bond acceptors (Lipinski definition) is 2. The van der Waals surface area contributed by atoms with E-state index in [0.717, 1.165) is 50.8 Å². The molecule has 2 aromatic rings. The fourth-order valence-electron chi connectivity index (χ4n) is 5.19. The molecule has 2 aliphatic heterocycles. The molecule has 4 nitrogen and oxygen atoms in total. The summed E-state index contributed by atoms with van der Waals surface area (Å²) in [4.78, 5) is 30.1. The Morgan fingerprint density at radius 1 is 0.788 bits per heavy atom. The molecule has 0 atom stereocenters. The number of likely N-dealkylation sites (tertiary alicyclic amines) is 2. The highest BCUT2D eigenvalue weighted by atomic mass is 16.2.